The minimum absolute atomic E-state index is 0.204. The third-order valence-corrected chi connectivity index (χ3v) is 1.74. The topological polar surface area (TPSA) is 87.1 Å². The summed E-state index contributed by atoms with van der Waals surface area (Å²) in [5, 5.41) is 17.1. The first-order valence-electron chi connectivity index (χ1n) is 3.74. The average molecular weight is 194 g/mol. The van der Waals surface area contributed by atoms with Gasteiger partial charge in [-0.2, -0.15) is 5.26 Å². The van der Waals surface area contributed by atoms with E-state index in [1.54, 1.807) is 6.07 Å². The zero-order chi connectivity index (χ0) is 10.7. The Hall–Kier alpha value is -1.93. The fraction of sp³-hybridized carbons (Fsp3) is 0.111. The summed E-state index contributed by atoms with van der Waals surface area (Å²) >= 11 is 0. The van der Waals surface area contributed by atoms with Gasteiger partial charge in [0, 0.05) is 0 Å². The van der Waals surface area contributed by atoms with Crippen molar-refractivity contribution in [1.29, 1.82) is 5.26 Å². The number of benzene rings is 1. The van der Waals surface area contributed by atoms with Crippen LogP contribution in [0.15, 0.2) is 18.2 Å². The maximum Gasteiger partial charge on any atom is 0.325 e. The van der Waals surface area contributed by atoms with Crippen LogP contribution in [0.1, 0.15) is 17.2 Å². The molecule has 0 bridgehead atoms. The van der Waals surface area contributed by atoms with E-state index in [1.807, 2.05) is 0 Å². The second kappa shape index (κ2) is 3.85. The van der Waals surface area contributed by atoms with E-state index >= 15 is 0 Å². The monoisotopic (exact) mass is 194 g/mol. The van der Waals surface area contributed by atoms with Crippen LogP contribution in [0.4, 0.5) is 4.39 Å². The molecule has 72 valence electrons. The summed E-state index contributed by atoms with van der Waals surface area (Å²) in [7, 11) is 0. The van der Waals surface area contributed by atoms with Crippen LogP contribution in [0.25, 0.3) is 0 Å². The first-order chi connectivity index (χ1) is 6.56. The standard InChI is InChI=1S/C9H7FN2O2/c10-7-2-1-5(3-6(7)4-11)8(12)9(13)14/h1-3,8H,12H2,(H,13,14)/t8-/m1/s1. The highest BCUT2D eigenvalue weighted by Crippen LogP contribution is 2.15. The Kier molecular flexibility index (Phi) is 2.79. The van der Waals surface area contributed by atoms with Crippen molar-refractivity contribution in [2.45, 2.75) is 6.04 Å². The number of nitriles is 1. The third kappa shape index (κ3) is 1.87. The molecule has 14 heavy (non-hydrogen) atoms. The number of hydrogen-bond donors (Lipinski definition) is 2. The lowest BCUT2D eigenvalue weighted by Gasteiger charge is -2.06. The van der Waals surface area contributed by atoms with Gasteiger partial charge in [0.05, 0.1) is 5.56 Å². The summed E-state index contributed by atoms with van der Waals surface area (Å²) < 4.78 is 12.8. The van der Waals surface area contributed by atoms with Crippen molar-refractivity contribution in [3.05, 3.63) is 35.1 Å². The molecule has 0 aliphatic carbocycles. The van der Waals surface area contributed by atoms with Crippen LogP contribution in [0.5, 0.6) is 0 Å². The minimum Gasteiger partial charge on any atom is -0.480 e. The summed E-state index contributed by atoms with van der Waals surface area (Å²) in [5.41, 5.74) is 5.28. The molecule has 1 atom stereocenters. The lowest BCUT2D eigenvalue weighted by molar-refractivity contribution is -0.138. The van der Waals surface area contributed by atoms with E-state index in [2.05, 4.69) is 0 Å². The van der Waals surface area contributed by atoms with Crippen LogP contribution < -0.4 is 5.73 Å². The van der Waals surface area contributed by atoms with E-state index in [1.165, 1.54) is 6.07 Å². The van der Waals surface area contributed by atoms with Crippen molar-refractivity contribution in [2.24, 2.45) is 5.73 Å². The largest absolute Gasteiger partial charge is 0.480 e. The number of halogens is 1. The van der Waals surface area contributed by atoms with E-state index in [0.717, 1.165) is 12.1 Å². The smallest absolute Gasteiger partial charge is 0.325 e. The first kappa shape index (κ1) is 10.2. The Morgan fingerprint density at radius 3 is 2.79 bits per heavy atom. The molecular formula is C9H7FN2O2. The van der Waals surface area contributed by atoms with E-state index in [4.69, 9.17) is 16.1 Å². The third-order valence-electron chi connectivity index (χ3n) is 1.74. The highest BCUT2D eigenvalue weighted by molar-refractivity contribution is 5.75. The molecule has 0 aliphatic rings. The van der Waals surface area contributed by atoms with Gasteiger partial charge in [0.1, 0.15) is 17.9 Å². The van der Waals surface area contributed by atoms with Gasteiger partial charge < -0.3 is 10.8 Å². The molecule has 0 amide bonds. The molecule has 0 heterocycles. The predicted octanol–water partition coefficient (Wildman–Crippen LogP) is 0.782. The molecule has 0 spiro atoms. The van der Waals surface area contributed by atoms with E-state index in [0.29, 0.717) is 0 Å². The van der Waals surface area contributed by atoms with Crippen LogP contribution in [0, 0.1) is 17.1 Å². The van der Waals surface area contributed by atoms with Crippen molar-refractivity contribution >= 4 is 5.97 Å². The lowest BCUT2D eigenvalue weighted by atomic mass is 10.0. The normalized spacial score (nSPS) is 11.8. The molecule has 1 aromatic carbocycles. The second-order valence-electron chi connectivity index (χ2n) is 2.67. The van der Waals surface area contributed by atoms with Crippen LogP contribution in [-0.2, 0) is 4.79 Å². The highest BCUT2D eigenvalue weighted by atomic mass is 19.1. The van der Waals surface area contributed by atoms with Gasteiger partial charge in [0.2, 0.25) is 0 Å². The fourth-order valence-corrected chi connectivity index (χ4v) is 0.965. The molecule has 1 aromatic rings. The Balaban J connectivity index is 3.14. The number of nitrogens with zero attached hydrogens (tertiary/aromatic N) is 1. The van der Waals surface area contributed by atoms with Gasteiger partial charge in [-0.05, 0) is 17.7 Å². The van der Waals surface area contributed by atoms with E-state index in [9.17, 15) is 9.18 Å². The quantitative estimate of drug-likeness (QED) is 0.728. The SMILES string of the molecule is N#Cc1cc([C@@H](N)C(=O)O)ccc1F. The van der Waals surface area contributed by atoms with Crippen molar-refractivity contribution in [3.63, 3.8) is 0 Å². The highest BCUT2D eigenvalue weighted by Gasteiger charge is 2.15. The van der Waals surface area contributed by atoms with Gasteiger partial charge >= 0.3 is 5.97 Å². The van der Waals surface area contributed by atoms with Crippen LogP contribution >= 0.6 is 0 Å². The molecule has 1 rings (SSSR count). The van der Waals surface area contributed by atoms with Crippen molar-refractivity contribution in [3.8, 4) is 6.07 Å². The zero-order valence-electron chi connectivity index (χ0n) is 7.07. The minimum atomic E-state index is -1.23. The number of aliphatic carboxylic acids is 1. The number of carboxylic acid groups (broad SMARTS) is 1. The zero-order valence-corrected chi connectivity index (χ0v) is 7.07. The molecule has 0 saturated heterocycles. The molecule has 0 aromatic heterocycles. The Morgan fingerprint density at radius 2 is 2.29 bits per heavy atom. The van der Waals surface area contributed by atoms with Crippen LogP contribution in [0.2, 0.25) is 0 Å². The Bertz CT molecular complexity index is 412. The van der Waals surface area contributed by atoms with Gasteiger partial charge in [-0.25, -0.2) is 4.39 Å². The molecule has 4 nitrogen and oxygen atoms in total. The summed E-state index contributed by atoms with van der Waals surface area (Å²) in [6.45, 7) is 0. The van der Waals surface area contributed by atoms with Gasteiger partial charge in [-0.1, -0.05) is 6.07 Å². The van der Waals surface area contributed by atoms with Gasteiger partial charge in [-0.15, -0.1) is 0 Å². The van der Waals surface area contributed by atoms with E-state index in [-0.39, 0.29) is 11.1 Å². The lowest BCUT2D eigenvalue weighted by Crippen LogP contribution is -2.20. The maximum atomic E-state index is 12.8. The summed E-state index contributed by atoms with van der Waals surface area (Å²) in [6, 6.07) is 3.77. The second-order valence-corrected chi connectivity index (χ2v) is 2.67. The van der Waals surface area contributed by atoms with Gasteiger partial charge in [0.25, 0.3) is 0 Å². The number of carbonyl (C=O) groups is 1. The van der Waals surface area contributed by atoms with Crippen molar-refractivity contribution in [1.82, 2.24) is 0 Å². The summed E-state index contributed by atoms with van der Waals surface area (Å²) in [6.07, 6.45) is 0. The van der Waals surface area contributed by atoms with Crippen molar-refractivity contribution in [2.75, 3.05) is 0 Å². The Labute approximate surface area is 79.4 Å². The summed E-state index contributed by atoms with van der Waals surface area (Å²) in [5.74, 6) is -1.91. The number of carboxylic acids is 1. The molecule has 5 heteroatoms. The molecular weight excluding hydrogens is 187 g/mol. The Morgan fingerprint density at radius 1 is 1.64 bits per heavy atom. The maximum absolute atomic E-state index is 12.8. The molecule has 0 aliphatic heterocycles. The molecule has 0 radical (unpaired) electrons. The number of rotatable bonds is 2. The first-order valence-corrected chi connectivity index (χ1v) is 3.74. The molecule has 0 saturated carbocycles. The predicted molar refractivity (Wildman–Crippen MR) is 45.7 cm³/mol. The molecule has 0 unspecified atom stereocenters. The van der Waals surface area contributed by atoms with Crippen LogP contribution in [0.3, 0.4) is 0 Å². The summed E-state index contributed by atoms with van der Waals surface area (Å²) in [4.78, 5) is 10.5. The van der Waals surface area contributed by atoms with Gasteiger partial charge in [0.15, 0.2) is 0 Å². The van der Waals surface area contributed by atoms with E-state index < -0.39 is 17.8 Å². The molecule has 0 fully saturated rings. The number of nitrogens with two attached hydrogens (primary N) is 1. The molecule has 3 N–H and O–H groups in total. The number of hydrogen-bond acceptors (Lipinski definition) is 3. The fourth-order valence-electron chi connectivity index (χ4n) is 0.965. The van der Waals surface area contributed by atoms with Crippen LogP contribution in [-0.4, -0.2) is 11.1 Å². The average Bonchev–Trinajstić information content (AvgIpc) is 2.17. The van der Waals surface area contributed by atoms with Gasteiger partial charge in [-0.3, -0.25) is 4.79 Å². The van der Waals surface area contributed by atoms with Crippen molar-refractivity contribution < 1.29 is 14.3 Å².